The predicted octanol–water partition coefficient (Wildman–Crippen LogP) is 2.16. The van der Waals surface area contributed by atoms with Crippen molar-refractivity contribution in [1.29, 1.82) is 0 Å². The Morgan fingerprint density at radius 1 is 1.05 bits per heavy atom. The molecule has 1 fully saturated rings. The lowest BCUT2D eigenvalue weighted by Gasteiger charge is -2.38. The van der Waals surface area contributed by atoms with Gasteiger partial charge in [-0.15, -0.1) is 0 Å². The van der Waals surface area contributed by atoms with Crippen LogP contribution in [-0.2, 0) is 9.59 Å². The Labute approximate surface area is 114 Å². The van der Waals surface area contributed by atoms with Gasteiger partial charge in [0, 0.05) is 13.1 Å². The predicted molar refractivity (Wildman–Crippen MR) is 72.5 cm³/mol. The van der Waals surface area contributed by atoms with Gasteiger partial charge in [0.15, 0.2) is 0 Å². The molecule has 4 heteroatoms. The van der Waals surface area contributed by atoms with E-state index in [1.165, 1.54) is 0 Å². The van der Waals surface area contributed by atoms with E-state index in [0.717, 1.165) is 19.5 Å². The highest BCUT2D eigenvalue weighted by Crippen LogP contribution is 2.30. The third-order valence-corrected chi connectivity index (χ3v) is 4.25. The first-order chi connectivity index (χ1) is 8.99. The van der Waals surface area contributed by atoms with E-state index in [1.54, 1.807) is 0 Å². The number of aliphatic carboxylic acids is 1. The maximum absolute atomic E-state index is 12.6. The third kappa shape index (κ3) is 3.17. The molecule has 106 valence electrons. The van der Waals surface area contributed by atoms with E-state index in [9.17, 15) is 14.7 Å². The highest BCUT2D eigenvalue weighted by atomic mass is 16.4. The van der Waals surface area contributed by atoms with Crippen LogP contribution in [0.4, 0.5) is 0 Å². The van der Waals surface area contributed by atoms with Gasteiger partial charge < -0.3 is 10.0 Å². The monoisotopic (exact) mass is 265 g/mol. The summed E-state index contributed by atoms with van der Waals surface area (Å²) in [5, 5.41) is 9.26. The molecular weight excluding hydrogens is 242 g/mol. The summed E-state index contributed by atoms with van der Waals surface area (Å²) < 4.78 is 0. The van der Waals surface area contributed by atoms with Gasteiger partial charge >= 0.3 is 5.97 Å². The molecule has 2 aliphatic rings. The molecule has 1 amide bonds. The number of carbonyl (C=O) groups excluding carboxylic acids is 1. The van der Waals surface area contributed by atoms with Gasteiger partial charge in [0.2, 0.25) is 5.91 Å². The first-order valence-electron chi connectivity index (χ1n) is 7.15. The fourth-order valence-electron chi connectivity index (χ4n) is 3.44. The zero-order chi connectivity index (χ0) is 14.0. The lowest BCUT2D eigenvalue weighted by atomic mass is 9.81. The number of nitrogens with zero attached hydrogens (tertiary/aromatic N) is 1. The second-order valence-corrected chi connectivity index (χ2v) is 6.18. The second-order valence-electron chi connectivity index (χ2n) is 6.18. The Morgan fingerprint density at radius 2 is 1.58 bits per heavy atom. The number of carbonyl (C=O) groups is 2. The first-order valence-corrected chi connectivity index (χ1v) is 7.15. The van der Waals surface area contributed by atoms with Crippen LogP contribution in [0.3, 0.4) is 0 Å². The van der Waals surface area contributed by atoms with Crippen LogP contribution in [0.1, 0.15) is 33.1 Å². The Kier molecular flexibility index (Phi) is 4.27. The van der Waals surface area contributed by atoms with Crippen molar-refractivity contribution in [3.8, 4) is 0 Å². The van der Waals surface area contributed by atoms with E-state index < -0.39 is 11.9 Å². The molecule has 1 N–H and O–H groups in total. The summed E-state index contributed by atoms with van der Waals surface area (Å²) in [5.74, 6) is -0.716. The number of piperidine rings is 1. The number of hydrogen-bond acceptors (Lipinski definition) is 2. The minimum Gasteiger partial charge on any atom is -0.481 e. The van der Waals surface area contributed by atoms with Gasteiger partial charge in [-0.3, -0.25) is 9.59 Å². The summed E-state index contributed by atoms with van der Waals surface area (Å²) in [6, 6.07) is 0. The van der Waals surface area contributed by atoms with Crippen LogP contribution in [-0.4, -0.2) is 35.0 Å². The minimum atomic E-state index is -0.846. The van der Waals surface area contributed by atoms with Gasteiger partial charge in [0.25, 0.3) is 0 Å². The van der Waals surface area contributed by atoms with E-state index in [-0.39, 0.29) is 11.8 Å². The van der Waals surface area contributed by atoms with Gasteiger partial charge in [-0.2, -0.15) is 0 Å². The van der Waals surface area contributed by atoms with Crippen LogP contribution < -0.4 is 0 Å². The summed E-state index contributed by atoms with van der Waals surface area (Å²) in [6.45, 7) is 5.86. The molecule has 0 bridgehead atoms. The molecule has 1 saturated heterocycles. The molecule has 0 aromatic heterocycles. The summed E-state index contributed by atoms with van der Waals surface area (Å²) in [6.07, 6.45) is 6.01. The van der Waals surface area contributed by atoms with E-state index in [0.29, 0.717) is 24.7 Å². The van der Waals surface area contributed by atoms with Gasteiger partial charge in [0.1, 0.15) is 0 Å². The Balaban J connectivity index is 2.09. The van der Waals surface area contributed by atoms with Crippen molar-refractivity contribution in [2.45, 2.75) is 33.1 Å². The minimum absolute atomic E-state index is 0.0372. The molecule has 4 atom stereocenters. The summed E-state index contributed by atoms with van der Waals surface area (Å²) in [7, 11) is 0. The fourth-order valence-corrected chi connectivity index (χ4v) is 3.44. The van der Waals surface area contributed by atoms with Crippen LogP contribution in [0.15, 0.2) is 12.2 Å². The van der Waals surface area contributed by atoms with Gasteiger partial charge in [0.05, 0.1) is 11.8 Å². The van der Waals surface area contributed by atoms with Crippen molar-refractivity contribution >= 4 is 11.9 Å². The zero-order valence-electron chi connectivity index (χ0n) is 11.7. The number of carboxylic acid groups (broad SMARTS) is 1. The molecule has 1 aliphatic heterocycles. The largest absolute Gasteiger partial charge is 0.481 e. The maximum atomic E-state index is 12.6. The number of rotatable bonds is 2. The number of amides is 1. The van der Waals surface area contributed by atoms with E-state index in [4.69, 9.17) is 0 Å². The van der Waals surface area contributed by atoms with Crippen LogP contribution in [0.5, 0.6) is 0 Å². The molecule has 0 aromatic carbocycles. The third-order valence-electron chi connectivity index (χ3n) is 4.25. The summed E-state index contributed by atoms with van der Waals surface area (Å²) >= 11 is 0. The molecule has 0 radical (unpaired) electrons. The normalized spacial score (nSPS) is 35.2. The zero-order valence-corrected chi connectivity index (χ0v) is 11.7. The van der Waals surface area contributed by atoms with Crippen LogP contribution >= 0.6 is 0 Å². The number of hydrogen-bond donors (Lipinski definition) is 1. The standard InChI is InChI=1S/C15H23NO3/c1-10-7-11(2)9-16(8-10)14(17)12-5-3-4-6-13(12)15(18)19/h3-4,10-13H,5-9H2,1-2H3,(H,18,19)/t10-,11+,12-,13-/m1/s1. The molecule has 0 aromatic rings. The Bertz CT molecular complexity index is 381. The van der Waals surface area contributed by atoms with Crippen molar-refractivity contribution in [2.24, 2.45) is 23.7 Å². The topological polar surface area (TPSA) is 57.6 Å². The molecule has 19 heavy (non-hydrogen) atoms. The fraction of sp³-hybridized carbons (Fsp3) is 0.733. The SMILES string of the molecule is C[C@@H]1C[C@H](C)CN(C(=O)[C@@H]2CC=CC[C@H]2C(=O)O)C1. The van der Waals surface area contributed by atoms with Crippen molar-refractivity contribution in [3.05, 3.63) is 12.2 Å². The van der Waals surface area contributed by atoms with E-state index in [1.807, 2.05) is 17.1 Å². The lowest BCUT2D eigenvalue weighted by molar-refractivity contribution is -0.151. The summed E-state index contributed by atoms with van der Waals surface area (Å²) in [4.78, 5) is 25.8. The van der Waals surface area contributed by atoms with E-state index >= 15 is 0 Å². The average molecular weight is 265 g/mol. The molecule has 4 nitrogen and oxygen atoms in total. The average Bonchev–Trinajstić information content (AvgIpc) is 2.36. The lowest BCUT2D eigenvalue weighted by Crippen LogP contribution is -2.47. The second kappa shape index (κ2) is 5.76. The molecule has 0 spiro atoms. The molecule has 0 unspecified atom stereocenters. The smallest absolute Gasteiger partial charge is 0.307 e. The van der Waals surface area contributed by atoms with Crippen LogP contribution in [0.25, 0.3) is 0 Å². The highest BCUT2D eigenvalue weighted by Gasteiger charge is 2.37. The number of carboxylic acids is 1. The van der Waals surface area contributed by atoms with Gasteiger partial charge in [-0.1, -0.05) is 26.0 Å². The number of likely N-dealkylation sites (tertiary alicyclic amines) is 1. The quantitative estimate of drug-likeness (QED) is 0.778. The maximum Gasteiger partial charge on any atom is 0.307 e. The Hall–Kier alpha value is -1.32. The van der Waals surface area contributed by atoms with Crippen LogP contribution in [0, 0.1) is 23.7 Å². The highest BCUT2D eigenvalue weighted by molar-refractivity contribution is 5.85. The van der Waals surface area contributed by atoms with Crippen molar-refractivity contribution in [1.82, 2.24) is 4.90 Å². The van der Waals surface area contributed by atoms with Crippen LogP contribution in [0.2, 0.25) is 0 Å². The first kappa shape index (κ1) is 14.1. The van der Waals surface area contributed by atoms with Crippen molar-refractivity contribution < 1.29 is 14.7 Å². The Morgan fingerprint density at radius 3 is 2.11 bits per heavy atom. The number of allylic oxidation sites excluding steroid dienone is 2. The molecule has 1 heterocycles. The molecule has 2 rings (SSSR count). The molecule has 0 saturated carbocycles. The van der Waals surface area contributed by atoms with Crippen molar-refractivity contribution in [2.75, 3.05) is 13.1 Å². The van der Waals surface area contributed by atoms with Gasteiger partial charge in [-0.25, -0.2) is 0 Å². The molecule has 1 aliphatic carbocycles. The van der Waals surface area contributed by atoms with Gasteiger partial charge in [-0.05, 0) is 31.1 Å². The van der Waals surface area contributed by atoms with E-state index in [2.05, 4.69) is 13.8 Å². The van der Waals surface area contributed by atoms with Crippen molar-refractivity contribution in [3.63, 3.8) is 0 Å². The summed E-state index contributed by atoms with van der Waals surface area (Å²) in [5.41, 5.74) is 0. The molecular formula is C15H23NO3.